The molecule has 1 unspecified atom stereocenters. The van der Waals surface area contributed by atoms with Crippen LogP contribution in [0.2, 0.25) is 0 Å². The van der Waals surface area contributed by atoms with Gasteiger partial charge >= 0.3 is 0 Å². The first kappa shape index (κ1) is 16.0. The van der Waals surface area contributed by atoms with Crippen molar-refractivity contribution in [1.82, 2.24) is 9.80 Å². The Balaban J connectivity index is 1.81. The van der Waals surface area contributed by atoms with Gasteiger partial charge in [0.05, 0.1) is 6.07 Å². The van der Waals surface area contributed by atoms with Crippen LogP contribution in [-0.4, -0.2) is 49.6 Å². The Kier molecular flexibility index (Phi) is 5.75. The van der Waals surface area contributed by atoms with Crippen molar-refractivity contribution in [2.45, 2.75) is 24.8 Å². The molecule has 0 radical (unpaired) electrons. The first-order valence-corrected chi connectivity index (χ1v) is 7.80. The number of likely N-dealkylation sites (N-methyl/N-ethyl adjacent to an activating group) is 1. The summed E-state index contributed by atoms with van der Waals surface area (Å²) in [5, 5.41) is 9.45. The minimum absolute atomic E-state index is 0.657. The Morgan fingerprint density at radius 2 is 1.90 bits per heavy atom. The molecule has 4 nitrogen and oxygen atoms in total. The average molecular weight is 286 g/mol. The minimum Gasteiger partial charge on any atom is -0.310 e. The highest BCUT2D eigenvalue weighted by atomic mass is 15.2. The molecule has 21 heavy (non-hydrogen) atoms. The van der Waals surface area contributed by atoms with Crippen LogP contribution >= 0.6 is 0 Å². The molecule has 0 saturated carbocycles. The number of likely N-dealkylation sites (tertiary alicyclic amines) is 1. The molecular weight excluding hydrogens is 260 g/mol. The summed E-state index contributed by atoms with van der Waals surface area (Å²) < 4.78 is 0. The van der Waals surface area contributed by atoms with Crippen LogP contribution in [0.1, 0.15) is 24.8 Å². The topological polar surface area (TPSA) is 56.3 Å². The fourth-order valence-corrected chi connectivity index (χ4v) is 2.80. The van der Waals surface area contributed by atoms with Crippen molar-refractivity contribution in [3.05, 3.63) is 35.9 Å². The zero-order valence-corrected chi connectivity index (χ0v) is 13.0. The van der Waals surface area contributed by atoms with Gasteiger partial charge in [-0.05, 0) is 45.0 Å². The molecule has 1 aromatic rings. The third kappa shape index (κ3) is 4.53. The third-order valence-electron chi connectivity index (χ3n) is 4.37. The molecule has 1 saturated heterocycles. The summed E-state index contributed by atoms with van der Waals surface area (Å²) in [6.07, 6.45) is 3.32. The first-order valence-electron chi connectivity index (χ1n) is 7.80. The van der Waals surface area contributed by atoms with Crippen molar-refractivity contribution in [3.8, 4) is 6.07 Å². The summed E-state index contributed by atoms with van der Waals surface area (Å²) in [7, 11) is 2.11. The van der Waals surface area contributed by atoms with E-state index < -0.39 is 5.54 Å². The van der Waals surface area contributed by atoms with Crippen LogP contribution in [-0.2, 0) is 5.54 Å². The summed E-state index contributed by atoms with van der Waals surface area (Å²) in [4.78, 5) is 4.79. The molecule has 1 atom stereocenters. The van der Waals surface area contributed by atoms with Crippen molar-refractivity contribution in [2.24, 2.45) is 5.73 Å². The number of nitriles is 1. The lowest BCUT2D eigenvalue weighted by molar-refractivity contribution is 0.245. The van der Waals surface area contributed by atoms with Crippen LogP contribution in [0.25, 0.3) is 0 Å². The number of nitrogens with zero attached hydrogens (tertiary/aromatic N) is 3. The predicted molar refractivity (Wildman–Crippen MR) is 85.7 cm³/mol. The monoisotopic (exact) mass is 286 g/mol. The van der Waals surface area contributed by atoms with Gasteiger partial charge < -0.3 is 15.5 Å². The smallest absolute Gasteiger partial charge is 0.131 e. The second-order valence-corrected chi connectivity index (χ2v) is 6.05. The average Bonchev–Trinajstić information content (AvgIpc) is 3.05. The zero-order valence-electron chi connectivity index (χ0n) is 13.0. The van der Waals surface area contributed by atoms with E-state index in [0.717, 1.165) is 25.2 Å². The van der Waals surface area contributed by atoms with E-state index in [2.05, 4.69) is 22.9 Å². The predicted octanol–water partition coefficient (Wildman–Crippen LogP) is 1.78. The Bertz CT molecular complexity index is 461. The van der Waals surface area contributed by atoms with Gasteiger partial charge in [0, 0.05) is 19.6 Å². The highest BCUT2D eigenvalue weighted by Gasteiger charge is 2.27. The van der Waals surface area contributed by atoms with E-state index in [4.69, 9.17) is 5.73 Å². The van der Waals surface area contributed by atoms with Crippen molar-refractivity contribution in [3.63, 3.8) is 0 Å². The molecule has 1 heterocycles. The third-order valence-corrected chi connectivity index (χ3v) is 4.37. The molecule has 0 bridgehead atoms. The standard InChI is InChI=1S/C17H26N4/c1-20(13-14-21-10-5-6-11-21)12-9-17(19,15-18)16-7-3-2-4-8-16/h2-4,7-8H,5-6,9-14,19H2,1H3. The molecule has 0 spiro atoms. The maximum absolute atomic E-state index is 9.45. The Morgan fingerprint density at radius 3 is 2.52 bits per heavy atom. The molecular formula is C17H26N4. The van der Waals surface area contributed by atoms with Gasteiger partial charge in [-0.3, -0.25) is 0 Å². The van der Waals surface area contributed by atoms with Crippen LogP contribution in [0.4, 0.5) is 0 Å². The molecule has 114 valence electrons. The van der Waals surface area contributed by atoms with Gasteiger partial charge in [-0.2, -0.15) is 5.26 Å². The van der Waals surface area contributed by atoms with E-state index in [0.29, 0.717) is 6.42 Å². The summed E-state index contributed by atoms with van der Waals surface area (Å²) in [6.45, 7) is 5.46. The number of hydrogen-bond acceptors (Lipinski definition) is 4. The second-order valence-electron chi connectivity index (χ2n) is 6.05. The van der Waals surface area contributed by atoms with Gasteiger partial charge in [-0.15, -0.1) is 0 Å². The number of benzene rings is 1. The lowest BCUT2D eigenvalue weighted by atomic mass is 9.89. The fraction of sp³-hybridized carbons (Fsp3) is 0.588. The Hall–Kier alpha value is -1.41. The van der Waals surface area contributed by atoms with Crippen LogP contribution in [0, 0.1) is 11.3 Å². The molecule has 4 heteroatoms. The highest BCUT2D eigenvalue weighted by molar-refractivity contribution is 5.30. The molecule has 1 aromatic carbocycles. The van der Waals surface area contributed by atoms with Gasteiger partial charge in [0.2, 0.25) is 0 Å². The largest absolute Gasteiger partial charge is 0.310 e. The van der Waals surface area contributed by atoms with Gasteiger partial charge in [0.25, 0.3) is 0 Å². The van der Waals surface area contributed by atoms with E-state index in [1.807, 2.05) is 30.3 Å². The highest BCUT2D eigenvalue weighted by Crippen LogP contribution is 2.21. The normalized spacial score (nSPS) is 18.6. The quantitative estimate of drug-likeness (QED) is 0.830. The maximum atomic E-state index is 9.45. The van der Waals surface area contributed by atoms with Crippen LogP contribution in [0.3, 0.4) is 0 Å². The minimum atomic E-state index is -0.886. The number of hydrogen-bond donors (Lipinski definition) is 1. The second kappa shape index (κ2) is 7.56. The number of rotatable bonds is 7. The number of nitrogens with two attached hydrogens (primary N) is 1. The molecule has 1 aliphatic rings. The van der Waals surface area contributed by atoms with Crippen LogP contribution < -0.4 is 5.73 Å². The van der Waals surface area contributed by atoms with Crippen molar-refractivity contribution >= 4 is 0 Å². The van der Waals surface area contributed by atoms with Crippen molar-refractivity contribution in [1.29, 1.82) is 5.26 Å². The van der Waals surface area contributed by atoms with Crippen LogP contribution in [0.15, 0.2) is 30.3 Å². The SMILES string of the molecule is CN(CCN1CCCC1)CCC(N)(C#N)c1ccccc1. The molecule has 1 fully saturated rings. The summed E-state index contributed by atoms with van der Waals surface area (Å²) in [5.74, 6) is 0. The zero-order chi connectivity index (χ0) is 15.1. The maximum Gasteiger partial charge on any atom is 0.131 e. The molecule has 1 aliphatic heterocycles. The molecule has 0 aromatic heterocycles. The van der Waals surface area contributed by atoms with Crippen LogP contribution in [0.5, 0.6) is 0 Å². The molecule has 0 amide bonds. The van der Waals surface area contributed by atoms with Gasteiger partial charge in [0.15, 0.2) is 0 Å². The van der Waals surface area contributed by atoms with Crippen molar-refractivity contribution in [2.75, 3.05) is 39.8 Å². The van der Waals surface area contributed by atoms with Gasteiger partial charge in [0.1, 0.15) is 5.54 Å². The lowest BCUT2D eigenvalue weighted by Crippen LogP contribution is -2.40. The van der Waals surface area contributed by atoms with E-state index in [-0.39, 0.29) is 0 Å². The van der Waals surface area contributed by atoms with E-state index >= 15 is 0 Å². The lowest BCUT2D eigenvalue weighted by Gasteiger charge is -2.26. The van der Waals surface area contributed by atoms with E-state index in [1.165, 1.54) is 25.9 Å². The fourth-order valence-electron chi connectivity index (χ4n) is 2.80. The van der Waals surface area contributed by atoms with Crippen molar-refractivity contribution < 1.29 is 0 Å². The molecule has 2 N–H and O–H groups in total. The Labute approximate surface area is 128 Å². The summed E-state index contributed by atoms with van der Waals surface area (Å²) >= 11 is 0. The Morgan fingerprint density at radius 1 is 1.24 bits per heavy atom. The first-order chi connectivity index (χ1) is 10.1. The van der Waals surface area contributed by atoms with E-state index in [9.17, 15) is 5.26 Å². The van der Waals surface area contributed by atoms with Gasteiger partial charge in [-0.1, -0.05) is 30.3 Å². The van der Waals surface area contributed by atoms with E-state index in [1.54, 1.807) is 0 Å². The molecule has 2 rings (SSSR count). The molecule has 0 aliphatic carbocycles. The van der Waals surface area contributed by atoms with Gasteiger partial charge in [-0.25, -0.2) is 0 Å². The summed E-state index contributed by atoms with van der Waals surface area (Å²) in [5.41, 5.74) is 6.30. The summed E-state index contributed by atoms with van der Waals surface area (Å²) in [6, 6.07) is 12.0.